The molecular formula is C12H19NO2S. The van der Waals surface area contributed by atoms with Gasteiger partial charge < -0.3 is 5.32 Å². The molecule has 90 valence electrons. The summed E-state index contributed by atoms with van der Waals surface area (Å²) in [7, 11) is -2.85. The molecule has 3 nitrogen and oxygen atoms in total. The highest BCUT2D eigenvalue weighted by atomic mass is 32.2. The third-order valence-corrected chi connectivity index (χ3v) is 4.31. The zero-order valence-electron chi connectivity index (χ0n) is 9.86. The fraction of sp³-hybridized carbons (Fsp3) is 0.500. The van der Waals surface area contributed by atoms with Gasteiger partial charge in [0.25, 0.3) is 0 Å². The summed E-state index contributed by atoms with van der Waals surface area (Å²) in [5.41, 5.74) is 2.45. The summed E-state index contributed by atoms with van der Waals surface area (Å²) < 4.78 is 22.5. The molecule has 0 unspecified atom stereocenters. The lowest BCUT2D eigenvalue weighted by molar-refractivity contribution is 0.592. The van der Waals surface area contributed by atoms with Crippen LogP contribution in [0.4, 0.5) is 0 Å². The lowest BCUT2D eigenvalue weighted by Gasteiger charge is -2.07. The Morgan fingerprint density at radius 1 is 1.25 bits per heavy atom. The molecule has 4 heteroatoms. The van der Waals surface area contributed by atoms with Crippen molar-refractivity contribution in [2.24, 2.45) is 0 Å². The summed E-state index contributed by atoms with van der Waals surface area (Å²) in [6.07, 6.45) is 0. The highest BCUT2D eigenvalue weighted by Crippen LogP contribution is 2.05. The normalized spacial score (nSPS) is 11.6. The molecule has 0 spiro atoms. The van der Waals surface area contributed by atoms with Crippen molar-refractivity contribution in [1.82, 2.24) is 5.32 Å². The van der Waals surface area contributed by atoms with Crippen LogP contribution in [0, 0.1) is 6.92 Å². The second kappa shape index (κ2) is 6.01. The van der Waals surface area contributed by atoms with E-state index in [9.17, 15) is 8.42 Å². The zero-order valence-corrected chi connectivity index (χ0v) is 10.7. The van der Waals surface area contributed by atoms with E-state index in [0.717, 1.165) is 6.54 Å². The first kappa shape index (κ1) is 13.2. The molecule has 0 aromatic heterocycles. The van der Waals surface area contributed by atoms with Crippen LogP contribution in [-0.4, -0.2) is 26.5 Å². The minimum atomic E-state index is -2.85. The number of aryl methyl sites for hydroxylation is 1. The summed E-state index contributed by atoms with van der Waals surface area (Å²) in [5.74, 6) is 0.439. The molecule has 0 aliphatic rings. The van der Waals surface area contributed by atoms with Crippen molar-refractivity contribution in [2.75, 3.05) is 18.1 Å². The summed E-state index contributed by atoms with van der Waals surface area (Å²) in [6, 6.07) is 8.10. The molecule has 1 aromatic rings. The monoisotopic (exact) mass is 241 g/mol. The van der Waals surface area contributed by atoms with Crippen molar-refractivity contribution < 1.29 is 8.42 Å². The highest BCUT2D eigenvalue weighted by molar-refractivity contribution is 7.91. The maximum absolute atomic E-state index is 11.2. The van der Waals surface area contributed by atoms with Gasteiger partial charge in [-0.25, -0.2) is 8.42 Å². The van der Waals surface area contributed by atoms with E-state index >= 15 is 0 Å². The van der Waals surface area contributed by atoms with Crippen LogP contribution >= 0.6 is 0 Å². The van der Waals surface area contributed by atoms with Gasteiger partial charge >= 0.3 is 0 Å². The van der Waals surface area contributed by atoms with Gasteiger partial charge in [-0.2, -0.15) is 0 Å². The first-order valence-corrected chi connectivity index (χ1v) is 7.33. The largest absolute Gasteiger partial charge is 0.312 e. The maximum atomic E-state index is 11.2. The Bertz CT molecular complexity index is 426. The summed E-state index contributed by atoms with van der Waals surface area (Å²) in [6.45, 7) is 4.98. The van der Waals surface area contributed by atoms with Gasteiger partial charge in [0.1, 0.15) is 0 Å². The Morgan fingerprint density at radius 3 is 2.56 bits per heavy atom. The van der Waals surface area contributed by atoms with Crippen LogP contribution in [0.5, 0.6) is 0 Å². The van der Waals surface area contributed by atoms with E-state index in [-0.39, 0.29) is 11.5 Å². The number of benzene rings is 1. The van der Waals surface area contributed by atoms with Gasteiger partial charge in [-0.05, 0) is 18.1 Å². The van der Waals surface area contributed by atoms with Crippen LogP contribution in [0.15, 0.2) is 24.3 Å². The van der Waals surface area contributed by atoms with Crippen molar-refractivity contribution in [3.8, 4) is 0 Å². The second-order valence-electron chi connectivity index (χ2n) is 3.84. The summed E-state index contributed by atoms with van der Waals surface area (Å²) in [5, 5.41) is 3.15. The lowest BCUT2D eigenvalue weighted by Crippen LogP contribution is -2.23. The first-order chi connectivity index (χ1) is 7.55. The van der Waals surface area contributed by atoms with Gasteiger partial charge in [0.05, 0.1) is 5.75 Å². The van der Waals surface area contributed by atoms with Crippen molar-refractivity contribution in [2.45, 2.75) is 20.4 Å². The van der Waals surface area contributed by atoms with Crippen LogP contribution in [0.1, 0.15) is 18.1 Å². The van der Waals surface area contributed by atoms with Gasteiger partial charge in [0, 0.05) is 18.8 Å². The standard InChI is InChI=1S/C12H19NO2S/c1-3-16(14,15)9-8-13-10-12-7-5-4-6-11(12)2/h4-7,13H,3,8-10H2,1-2H3. The Morgan fingerprint density at radius 2 is 1.94 bits per heavy atom. The highest BCUT2D eigenvalue weighted by Gasteiger charge is 2.06. The molecular weight excluding hydrogens is 222 g/mol. The van der Waals surface area contributed by atoms with Gasteiger partial charge in [-0.1, -0.05) is 31.2 Å². The molecule has 0 heterocycles. The van der Waals surface area contributed by atoms with E-state index in [4.69, 9.17) is 0 Å². The predicted octanol–water partition coefficient (Wildman–Crippen LogP) is 1.52. The van der Waals surface area contributed by atoms with Gasteiger partial charge in [0.2, 0.25) is 0 Å². The molecule has 0 saturated carbocycles. The molecule has 1 N–H and O–H groups in total. The predicted molar refractivity (Wildman–Crippen MR) is 67.2 cm³/mol. The minimum absolute atomic E-state index is 0.218. The topological polar surface area (TPSA) is 46.2 Å². The van der Waals surface area contributed by atoms with Crippen LogP contribution in [0.3, 0.4) is 0 Å². The summed E-state index contributed by atoms with van der Waals surface area (Å²) >= 11 is 0. The van der Waals surface area contributed by atoms with E-state index in [2.05, 4.69) is 24.4 Å². The zero-order chi connectivity index (χ0) is 12.0. The third kappa shape index (κ3) is 4.33. The number of sulfone groups is 1. The Kier molecular flexibility index (Phi) is 4.96. The fourth-order valence-electron chi connectivity index (χ4n) is 1.40. The van der Waals surface area contributed by atoms with Crippen molar-refractivity contribution >= 4 is 9.84 Å². The van der Waals surface area contributed by atoms with E-state index < -0.39 is 9.84 Å². The smallest absolute Gasteiger partial charge is 0.151 e. The number of rotatable bonds is 6. The molecule has 0 amide bonds. The van der Waals surface area contributed by atoms with E-state index in [1.807, 2.05) is 12.1 Å². The fourth-order valence-corrected chi connectivity index (χ4v) is 2.15. The molecule has 1 aromatic carbocycles. The van der Waals surface area contributed by atoms with Crippen LogP contribution in [0.25, 0.3) is 0 Å². The first-order valence-electron chi connectivity index (χ1n) is 5.51. The molecule has 0 atom stereocenters. The Hall–Kier alpha value is -0.870. The van der Waals surface area contributed by atoms with Crippen LogP contribution in [-0.2, 0) is 16.4 Å². The van der Waals surface area contributed by atoms with Crippen LogP contribution < -0.4 is 5.32 Å². The SMILES string of the molecule is CCS(=O)(=O)CCNCc1ccccc1C. The number of nitrogens with one attached hydrogen (secondary N) is 1. The average Bonchev–Trinajstić information content (AvgIpc) is 2.27. The summed E-state index contributed by atoms with van der Waals surface area (Å²) in [4.78, 5) is 0. The second-order valence-corrected chi connectivity index (χ2v) is 6.31. The van der Waals surface area contributed by atoms with E-state index in [1.54, 1.807) is 6.92 Å². The van der Waals surface area contributed by atoms with Gasteiger partial charge in [-0.15, -0.1) is 0 Å². The minimum Gasteiger partial charge on any atom is -0.312 e. The third-order valence-electron chi connectivity index (χ3n) is 2.61. The molecule has 0 fully saturated rings. The van der Waals surface area contributed by atoms with Crippen LogP contribution in [0.2, 0.25) is 0 Å². The molecule has 16 heavy (non-hydrogen) atoms. The number of hydrogen-bond donors (Lipinski definition) is 1. The lowest BCUT2D eigenvalue weighted by atomic mass is 10.1. The Labute approximate surface area is 97.8 Å². The average molecular weight is 241 g/mol. The molecule has 0 bridgehead atoms. The maximum Gasteiger partial charge on any atom is 0.151 e. The van der Waals surface area contributed by atoms with E-state index in [0.29, 0.717) is 6.54 Å². The van der Waals surface area contributed by atoms with E-state index in [1.165, 1.54) is 11.1 Å². The van der Waals surface area contributed by atoms with Gasteiger partial charge in [-0.3, -0.25) is 0 Å². The molecule has 0 aliphatic carbocycles. The number of hydrogen-bond acceptors (Lipinski definition) is 3. The van der Waals surface area contributed by atoms with Crippen molar-refractivity contribution in [1.29, 1.82) is 0 Å². The molecule has 0 radical (unpaired) electrons. The molecule has 0 aliphatic heterocycles. The quantitative estimate of drug-likeness (QED) is 0.768. The van der Waals surface area contributed by atoms with Crippen molar-refractivity contribution in [3.05, 3.63) is 35.4 Å². The van der Waals surface area contributed by atoms with Crippen molar-refractivity contribution in [3.63, 3.8) is 0 Å². The van der Waals surface area contributed by atoms with Gasteiger partial charge in [0.15, 0.2) is 9.84 Å². The Balaban J connectivity index is 2.35. The molecule has 1 rings (SSSR count). The molecule has 0 saturated heterocycles.